The maximum absolute atomic E-state index is 12.8. The fourth-order valence-electron chi connectivity index (χ4n) is 3.36. The largest absolute Gasteiger partial charge is 0.472 e. The summed E-state index contributed by atoms with van der Waals surface area (Å²) >= 11 is 0. The Morgan fingerprint density at radius 2 is 1.92 bits per heavy atom. The molecule has 1 atom stereocenters. The lowest BCUT2D eigenvalue weighted by molar-refractivity contribution is -0.131. The van der Waals surface area contributed by atoms with Gasteiger partial charge in [0.1, 0.15) is 11.7 Å². The van der Waals surface area contributed by atoms with Crippen molar-refractivity contribution in [3.05, 3.63) is 23.9 Å². The second-order valence-electron chi connectivity index (χ2n) is 6.85. The zero-order valence-corrected chi connectivity index (χ0v) is 14.2. The summed E-state index contributed by atoms with van der Waals surface area (Å²) in [6, 6.07) is 3.50. The van der Waals surface area contributed by atoms with Gasteiger partial charge in [0.15, 0.2) is 0 Å². The van der Waals surface area contributed by atoms with Gasteiger partial charge in [-0.15, -0.1) is 0 Å². The van der Waals surface area contributed by atoms with Crippen LogP contribution in [-0.2, 0) is 9.53 Å². The summed E-state index contributed by atoms with van der Waals surface area (Å²) in [5.41, 5.74) is 0.483. The van der Waals surface area contributed by atoms with Crippen LogP contribution in [0.1, 0.15) is 29.6 Å². The summed E-state index contributed by atoms with van der Waals surface area (Å²) in [5.74, 6) is 0.767. The van der Waals surface area contributed by atoms with Gasteiger partial charge in [-0.2, -0.15) is 0 Å². The fourth-order valence-corrected chi connectivity index (χ4v) is 3.36. The molecule has 0 bridgehead atoms. The standard InChI is InChI=1S/C18H23N3O4/c22-17(13-3-4-13)21-7-5-14(12-21)25-16-15(2-1-6-19-16)18(23)20-8-10-24-11-9-20/h1-2,6,13-14H,3-5,7-12H2. The van der Waals surface area contributed by atoms with E-state index < -0.39 is 0 Å². The predicted molar refractivity (Wildman–Crippen MR) is 89.3 cm³/mol. The SMILES string of the molecule is O=C(c1cccnc1OC1CCN(C(=O)C2CC2)C1)N1CCOCC1. The lowest BCUT2D eigenvalue weighted by Crippen LogP contribution is -2.41. The molecule has 0 aromatic carbocycles. The highest BCUT2D eigenvalue weighted by Crippen LogP contribution is 2.32. The molecule has 1 aliphatic carbocycles. The molecule has 3 heterocycles. The quantitative estimate of drug-likeness (QED) is 0.812. The van der Waals surface area contributed by atoms with Crippen LogP contribution < -0.4 is 4.74 Å². The number of amides is 2. The molecule has 2 saturated heterocycles. The molecule has 7 heteroatoms. The second-order valence-corrected chi connectivity index (χ2v) is 6.85. The van der Waals surface area contributed by atoms with Gasteiger partial charge in [-0.1, -0.05) is 0 Å². The molecule has 25 heavy (non-hydrogen) atoms. The molecule has 2 aliphatic heterocycles. The first-order chi connectivity index (χ1) is 12.2. The molecular formula is C18H23N3O4. The number of likely N-dealkylation sites (tertiary alicyclic amines) is 1. The number of hydrogen-bond donors (Lipinski definition) is 0. The van der Waals surface area contributed by atoms with Crippen molar-refractivity contribution in [3.8, 4) is 5.88 Å². The van der Waals surface area contributed by atoms with E-state index in [2.05, 4.69) is 4.98 Å². The van der Waals surface area contributed by atoms with E-state index in [1.165, 1.54) is 0 Å². The number of rotatable bonds is 4. The van der Waals surface area contributed by atoms with Gasteiger partial charge >= 0.3 is 0 Å². The van der Waals surface area contributed by atoms with Gasteiger partial charge in [0.25, 0.3) is 5.91 Å². The topological polar surface area (TPSA) is 72.0 Å². The van der Waals surface area contributed by atoms with Crippen molar-refractivity contribution in [1.29, 1.82) is 0 Å². The zero-order valence-electron chi connectivity index (χ0n) is 14.2. The van der Waals surface area contributed by atoms with Crippen LogP contribution in [0.3, 0.4) is 0 Å². The molecule has 7 nitrogen and oxygen atoms in total. The fraction of sp³-hybridized carbons (Fsp3) is 0.611. The monoisotopic (exact) mass is 345 g/mol. The number of pyridine rings is 1. The number of nitrogens with zero attached hydrogens (tertiary/aromatic N) is 3. The maximum atomic E-state index is 12.8. The molecular weight excluding hydrogens is 322 g/mol. The van der Waals surface area contributed by atoms with Gasteiger partial charge < -0.3 is 19.3 Å². The molecule has 134 valence electrons. The maximum Gasteiger partial charge on any atom is 0.259 e. The molecule has 3 aliphatic rings. The van der Waals surface area contributed by atoms with E-state index in [9.17, 15) is 9.59 Å². The Morgan fingerprint density at radius 1 is 1.12 bits per heavy atom. The van der Waals surface area contributed by atoms with Crippen LogP contribution in [0.4, 0.5) is 0 Å². The minimum atomic E-state index is -0.103. The summed E-state index contributed by atoms with van der Waals surface area (Å²) in [7, 11) is 0. The van der Waals surface area contributed by atoms with E-state index >= 15 is 0 Å². The van der Waals surface area contributed by atoms with Crippen LogP contribution >= 0.6 is 0 Å². The first-order valence-corrected chi connectivity index (χ1v) is 9.00. The normalized spacial score (nSPS) is 23.6. The number of hydrogen-bond acceptors (Lipinski definition) is 5. The van der Waals surface area contributed by atoms with Gasteiger partial charge in [0.2, 0.25) is 11.8 Å². The van der Waals surface area contributed by atoms with Crippen molar-refractivity contribution < 1.29 is 19.1 Å². The Balaban J connectivity index is 1.42. The van der Waals surface area contributed by atoms with Gasteiger partial charge in [0, 0.05) is 38.2 Å². The van der Waals surface area contributed by atoms with Gasteiger partial charge in [-0.25, -0.2) is 4.98 Å². The van der Waals surface area contributed by atoms with Crippen molar-refractivity contribution in [2.75, 3.05) is 39.4 Å². The first kappa shape index (κ1) is 16.3. The molecule has 1 saturated carbocycles. The van der Waals surface area contributed by atoms with Crippen molar-refractivity contribution >= 4 is 11.8 Å². The minimum absolute atomic E-state index is 0.0738. The van der Waals surface area contributed by atoms with Crippen molar-refractivity contribution in [3.63, 3.8) is 0 Å². The summed E-state index contributed by atoms with van der Waals surface area (Å²) < 4.78 is 11.3. The van der Waals surface area contributed by atoms with Crippen LogP contribution in [0.2, 0.25) is 0 Å². The molecule has 1 unspecified atom stereocenters. The summed E-state index contributed by atoms with van der Waals surface area (Å²) in [5, 5.41) is 0. The third-order valence-electron chi connectivity index (χ3n) is 4.96. The molecule has 1 aromatic heterocycles. The minimum Gasteiger partial charge on any atom is -0.472 e. The Morgan fingerprint density at radius 3 is 2.68 bits per heavy atom. The summed E-state index contributed by atoms with van der Waals surface area (Å²) in [4.78, 5) is 32.8. The molecule has 0 spiro atoms. The number of aromatic nitrogens is 1. The predicted octanol–water partition coefficient (Wildman–Crippen LogP) is 0.944. The van der Waals surface area contributed by atoms with Crippen LogP contribution in [0, 0.1) is 5.92 Å². The van der Waals surface area contributed by atoms with Crippen molar-refractivity contribution in [2.45, 2.75) is 25.4 Å². The lowest BCUT2D eigenvalue weighted by Gasteiger charge is -2.27. The molecule has 3 fully saturated rings. The van der Waals surface area contributed by atoms with E-state index in [1.54, 1.807) is 23.2 Å². The Labute approximate surface area is 146 Å². The summed E-state index contributed by atoms with van der Waals surface area (Å²) in [6.45, 7) is 3.59. The van der Waals surface area contributed by atoms with Gasteiger partial charge in [0.05, 0.1) is 19.8 Å². The highest BCUT2D eigenvalue weighted by molar-refractivity contribution is 5.96. The Bertz CT molecular complexity index is 655. The summed E-state index contributed by atoms with van der Waals surface area (Å²) in [6.07, 6.45) is 4.33. The number of carbonyl (C=O) groups excluding carboxylic acids is 2. The Kier molecular flexibility index (Phi) is 4.57. The smallest absolute Gasteiger partial charge is 0.259 e. The third kappa shape index (κ3) is 3.61. The Hall–Kier alpha value is -2.15. The zero-order chi connectivity index (χ0) is 17.2. The highest BCUT2D eigenvalue weighted by atomic mass is 16.5. The molecule has 0 radical (unpaired) electrons. The molecule has 0 N–H and O–H groups in total. The van der Waals surface area contributed by atoms with E-state index in [0.717, 1.165) is 25.8 Å². The van der Waals surface area contributed by atoms with Crippen LogP contribution in [0.15, 0.2) is 18.3 Å². The van der Waals surface area contributed by atoms with Gasteiger partial charge in [-0.3, -0.25) is 9.59 Å². The average molecular weight is 345 g/mol. The number of carbonyl (C=O) groups is 2. The van der Waals surface area contributed by atoms with E-state index in [1.807, 2.05) is 4.90 Å². The number of ether oxygens (including phenoxy) is 2. The third-order valence-corrected chi connectivity index (χ3v) is 4.96. The highest BCUT2D eigenvalue weighted by Gasteiger charge is 2.37. The van der Waals surface area contributed by atoms with E-state index in [4.69, 9.17) is 9.47 Å². The van der Waals surface area contributed by atoms with Gasteiger partial charge in [-0.05, 0) is 25.0 Å². The van der Waals surface area contributed by atoms with Crippen LogP contribution in [-0.4, -0.2) is 72.1 Å². The van der Waals surface area contributed by atoms with E-state index in [0.29, 0.717) is 44.3 Å². The lowest BCUT2D eigenvalue weighted by atomic mass is 10.2. The van der Waals surface area contributed by atoms with E-state index in [-0.39, 0.29) is 23.8 Å². The molecule has 1 aromatic rings. The number of morpholine rings is 1. The van der Waals surface area contributed by atoms with Crippen LogP contribution in [0.5, 0.6) is 5.88 Å². The first-order valence-electron chi connectivity index (χ1n) is 9.00. The van der Waals surface area contributed by atoms with Crippen molar-refractivity contribution in [2.24, 2.45) is 5.92 Å². The molecule has 4 rings (SSSR count). The second kappa shape index (κ2) is 7.00. The van der Waals surface area contributed by atoms with Crippen molar-refractivity contribution in [1.82, 2.24) is 14.8 Å². The van der Waals surface area contributed by atoms with Crippen LogP contribution in [0.25, 0.3) is 0 Å². The average Bonchev–Trinajstić information content (AvgIpc) is 3.41. The molecule has 2 amide bonds.